The maximum atomic E-state index is 7.39. The number of nitrogens with zero attached hydrogens (tertiary/aromatic N) is 1. The Morgan fingerprint density at radius 1 is 1.25 bits per heavy atom. The third-order valence-electron chi connectivity index (χ3n) is 4.61. The van der Waals surface area contributed by atoms with Crippen molar-refractivity contribution in [2.24, 2.45) is 11.6 Å². The number of rotatable bonds is 4. The molecule has 0 aliphatic carbocycles. The lowest BCUT2D eigenvalue weighted by Gasteiger charge is -2.36. The van der Waals surface area contributed by atoms with Gasteiger partial charge in [0.15, 0.2) is 0 Å². The van der Waals surface area contributed by atoms with Crippen LogP contribution in [0, 0.1) is 5.92 Å². The first-order valence-corrected chi connectivity index (χ1v) is 7.87. The molecule has 110 valence electrons. The largest absolute Gasteiger partial charge is 0.378 e. The Morgan fingerprint density at radius 2 is 2.00 bits per heavy atom. The van der Waals surface area contributed by atoms with Crippen molar-refractivity contribution in [3.63, 3.8) is 0 Å². The van der Waals surface area contributed by atoms with Gasteiger partial charge in [0, 0.05) is 11.1 Å². The minimum atomic E-state index is 0.165. The number of halogens is 1. The van der Waals surface area contributed by atoms with E-state index in [1.54, 1.807) is 0 Å². The summed E-state index contributed by atoms with van der Waals surface area (Å²) < 4.78 is 12.9. The fourth-order valence-electron chi connectivity index (χ4n) is 3.35. The highest BCUT2D eigenvalue weighted by Crippen LogP contribution is 2.25. The van der Waals surface area contributed by atoms with Gasteiger partial charge in [0.1, 0.15) is 1.41 Å². The van der Waals surface area contributed by atoms with Gasteiger partial charge >= 0.3 is 0 Å². The summed E-state index contributed by atoms with van der Waals surface area (Å²) in [6.45, 7) is 3.66. The third kappa shape index (κ3) is 3.34. The normalized spacial score (nSPS) is 29.6. The predicted octanol–water partition coefficient (Wildman–Crippen LogP) is 2.32. The van der Waals surface area contributed by atoms with Crippen LogP contribution in [0.4, 0.5) is 0 Å². The Kier molecular flexibility index (Phi) is 4.21. The highest BCUT2D eigenvalue weighted by Gasteiger charge is 2.32. The Labute approximate surface area is 127 Å². The second-order valence-electron chi connectivity index (χ2n) is 6.02. The lowest BCUT2D eigenvalue weighted by Crippen LogP contribution is -2.50. The Balaban J connectivity index is 1.49. The van der Waals surface area contributed by atoms with E-state index < -0.39 is 0 Å². The van der Waals surface area contributed by atoms with Crippen LogP contribution in [0.15, 0.2) is 24.3 Å². The summed E-state index contributed by atoms with van der Waals surface area (Å²) in [6, 6.07) is 8.77. The molecule has 2 saturated heterocycles. The Morgan fingerprint density at radius 3 is 2.70 bits per heavy atom. The summed E-state index contributed by atoms with van der Waals surface area (Å²) in [4.78, 5) is 2.50. The SMILES string of the molecule is [2H]N[C@H]1COC[C@@H]1N1CCC(Cc2ccc(Cl)cc2)CC1. The van der Waals surface area contributed by atoms with Gasteiger partial charge < -0.3 is 10.5 Å². The van der Waals surface area contributed by atoms with Gasteiger partial charge in [0.25, 0.3) is 0 Å². The van der Waals surface area contributed by atoms with Crippen LogP contribution in [0.1, 0.15) is 18.4 Å². The van der Waals surface area contributed by atoms with Gasteiger partial charge in [-0.15, -0.1) is 0 Å². The number of benzene rings is 1. The molecule has 2 aliphatic heterocycles. The summed E-state index contributed by atoms with van der Waals surface area (Å²) in [5.74, 6) is 0.757. The molecule has 0 unspecified atom stereocenters. The molecule has 4 heteroatoms. The van der Waals surface area contributed by atoms with Gasteiger partial charge in [0.2, 0.25) is 0 Å². The Bertz CT molecular complexity index is 448. The first-order valence-electron chi connectivity index (χ1n) is 8.00. The topological polar surface area (TPSA) is 38.5 Å². The molecule has 0 bridgehead atoms. The molecule has 0 spiro atoms. The zero-order valence-corrected chi connectivity index (χ0v) is 12.5. The molecule has 0 aromatic heterocycles. The van der Waals surface area contributed by atoms with Crippen LogP contribution in [0.3, 0.4) is 0 Å². The van der Waals surface area contributed by atoms with Crippen molar-refractivity contribution in [3.8, 4) is 0 Å². The molecule has 1 aromatic rings. The first kappa shape index (κ1) is 13.1. The standard InChI is InChI=1S/C16H23ClN2O/c17-14-3-1-12(2-4-14)9-13-5-7-19(8-6-13)16-11-20-10-15(16)18/h1-4,13,15-16H,5-11,18H2/t15-,16-/m0/s1/i/hD. The van der Waals surface area contributed by atoms with Gasteiger partial charge in [-0.3, -0.25) is 4.90 Å². The van der Waals surface area contributed by atoms with Crippen molar-refractivity contribution in [1.29, 1.82) is 0 Å². The summed E-state index contributed by atoms with van der Waals surface area (Å²) in [7, 11) is 0. The van der Waals surface area contributed by atoms with Crippen LogP contribution >= 0.6 is 11.6 Å². The van der Waals surface area contributed by atoms with E-state index in [1.165, 1.54) is 18.4 Å². The highest BCUT2D eigenvalue weighted by atomic mass is 35.5. The maximum Gasteiger partial charge on any atom is 0.119 e. The first-order chi connectivity index (χ1) is 10.3. The van der Waals surface area contributed by atoms with Gasteiger partial charge in [0.05, 0.1) is 19.3 Å². The number of piperidine rings is 1. The van der Waals surface area contributed by atoms with Crippen LogP contribution in [-0.2, 0) is 11.2 Å². The van der Waals surface area contributed by atoms with E-state index in [-0.39, 0.29) is 6.04 Å². The molecule has 0 saturated carbocycles. The molecule has 2 heterocycles. The van der Waals surface area contributed by atoms with E-state index in [4.69, 9.17) is 17.7 Å². The molecular formula is C16H23ClN2O. The molecule has 3 nitrogen and oxygen atoms in total. The summed E-state index contributed by atoms with van der Waals surface area (Å²) in [5, 5.41) is 0.809. The smallest absolute Gasteiger partial charge is 0.119 e. The molecule has 1 aromatic carbocycles. The fraction of sp³-hybridized carbons (Fsp3) is 0.625. The van der Waals surface area contributed by atoms with Gasteiger partial charge in [-0.25, -0.2) is 0 Å². The number of likely N-dealkylation sites (tertiary alicyclic amines) is 1. The number of ether oxygens (including phenoxy) is 1. The minimum absolute atomic E-state index is 0.165. The van der Waals surface area contributed by atoms with Crippen molar-refractivity contribution in [2.75, 3.05) is 26.3 Å². The lowest BCUT2D eigenvalue weighted by atomic mass is 9.89. The van der Waals surface area contributed by atoms with Crippen LogP contribution in [0.25, 0.3) is 0 Å². The average molecular weight is 296 g/mol. The lowest BCUT2D eigenvalue weighted by molar-refractivity contribution is 0.108. The molecule has 3 rings (SSSR count). The number of nitrogens with two attached hydrogens (primary N) is 1. The maximum absolute atomic E-state index is 7.39. The molecular weight excluding hydrogens is 272 g/mol. The predicted molar refractivity (Wildman–Crippen MR) is 82.0 cm³/mol. The highest BCUT2D eigenvalue weighted by molar-refractivity contribution is 6.30. The van der Waals surface area contributed by atoms with Crippen LogP contribution in [-0.4, -0.2) is 43.3 Å². The zero-order chi connectivity index (χ0) is 14.7. The zero-order valence-electron chi connectivity index (χ0n) is 12.7. The van der Waals surface area contributed by atoms with Gasteiger partial charge in [-0.2, -0.15) is 0 Å². The van der Waals surface area contributed by atoms with Gasteiger partial charge in [-0.05, 0) is 56.0 Å². The van der Waals surface area contributed by atoms with E-state index in [2.05, 4.69) is 22.8 Å². The molecule has 0 radical (unpaired) electrons. The van der Waals surface area contributed by atoms with E-state index >= 15 is 0 Å². The van der Waals surface area contributed by atoms with Crippen molar-refractivity contribution in [1.82, 2.24) is 4.90 Å². The van der Waals surface area contributed by atoms with E-state index in [9.17, 15) is 0 Å². The summed E-state index contributed by atoms with van der Waals surface area (Å²) in [6.07, 6.45) is 3.60. The summed E-state index contributed by atoms with van der Waals surface area (Å²) >= 11 is 5.93. The number of hydrogen-bond donors (Lipinski definition) is 1. The van der Waals surface area contributed by atoms with E-state index in [1.807, 2.05) is 12.1 Å². The Hall–Kier alpha value is -0.610. The fourth-order valence-corrected chi connectivity index (χ4v) is 3.47. The summed E-state index contributed by atoms with van der Waals surface area (Å²) in [5.41, 5.74) is 4.02. The molecule has 0 amide bonds. The molecule has 2 N–H and O–H groups in total. The third-order valence-corrected chi connectivity index (χ3v) is 4.86. The monoisotopic (exact) mass is 295 g/mol. The second kappa shape index (κ2) is 6.44. The number of hydrogen-bond acceptors (Lipinski definition) is 3. The second-order valence-corrected chi connectivity index (χ2v) is 6.46. The van der Waals surface area contributed by atoms with Crippen molar-refractivity contribution in [2.45, 2.75) is 31.3 Å². The van der Waals surface area contributed by atoms with E-state index in [0.717, 1.165) is 37.1 Å². The average Bonchev–Trinajstić information content (AvgIpc) is 2.99. The van der Waals surface area contributed by atoms with Crippen molar-refractivity contribution >= 4 is 11.6 Å². The van der Waals surface area contributed by atoms with Crippen molar-refractivity contribution < 1.29 is 6.15 Å². The van der Waals surface area contributed by atoms with Crippen LogP contribution < -0.4 is 5.73 Å². The molecule has 2 aliphatic rings. The minimum Gasteiger partial charge on any atom is -0.378 e. The van der Waals surface area contributed by atoms with Crippen molar-refractivity contribution in [3.05, 3.63) is 34.9 Å². The molecule has 2 fully saturated rings. The quantitative estimate of drug-likeness (QED) is 0.926. The molecule has 20 heavy (non-hydrogen) atoms. The van der Waals surface area contributed by atoms with E-state index in [0.29, 0.717) is 12.6 Å². The van der Waals surface area contributed by atoms with Crippen LogP contribution in [0.2, 0.25) is 6.43 Å². The molecule has 2 atom stereocenters. The van der Waals surface area contributed by atoms with Gasteiger partial charge in [-0.1, -0.05) is 23.7 Å². The van der Waals surface area contributed by atoms with Crippen LogP contribution in [0.5, 0.6) is 0 Å².